The van der Waals surface area contributed by atoms with Crippen molar-refractivity contribution in [1.82, 2.24) is 4.57 Å². The average Bonchev–Trinajstić information content (AvgIpc) is 2.66. The zero-order valence-electron chi connectivity index (χ0n) is 9.88. The fourth-order valence-electron chi connectivity index (χ4n) is 1.93. The lowest BCUT2D eigenvalue weighted by atomic mass is 10.1. The number of hydrogen-bond acceptors (Lipinski definition) is 4. The van der Waals surface area contributed by atoms with E-state index in [0.717, 1.165) is 0 Å². The van der Waals surface area contributed by atoms with Gasteiger partial charge in [0.2, 0.25) is 10.0 Å². The molecule has 0 aliphatic carbocycles. The van der Waals surface area contributed by atoms with Gasteiger partial charge in [0.05, 0.1) is 18.2 Å². The van der Waals surface area contributed by atoms with Crippen molar-refractivity contribution in [1.29, 1.82) is 0 Å². The molecule has 0 aliphatic rings. The quantitative estimate of drug-likeness (QED) is 0.808. The standard InChI is InChI=1S/C11H12N2O4S/c1-13-6-9(18(12,15)16)7-4-3-5-8(10(7)13)11(14)17-2/h3-6H,1-2H3,(H2,12,15,16). The van der Waals surface area contributed by atoms with Crippen LogP contribution in [0.25, 0.3) is 10.9 Å². The van der Waals surface area contributed by atoms with Crippen LogP contribution in [0.1, 0.15) is 10.4 Å². The summed E-state index contributed by atoms with van der Waals surface area (Å²) >= 11 is 0. The first-order valence-corrected chi connectivity index (χ1v) is 6.60. The summed E-state index contributed by atoms with van der Waals surface area (Å²) in [6.45, 7) is 0. The highest BCUT2D eigenvalue weighted by Gasteiger charge is 2.20. The number of hydrogen-bond donors (Lipinski definition) is 1. The number of aryl methyl sites for hydroxylation is 1. The van der Waals surface area contributed by atoms with Crippen molar-refractivity contribution in [2.24, 2.45) is 12.2 Å². The Morgan fingerprint density at radius 1 is 1.39 bits per heavy atom. The molecule has 2 rings (SSSR count). The second-order valence-corrected chi connectivity index (χ2v) is 5.37. The maximum Gasteiger partial charge on any atom is 0.340 e. The van der Waals surface area contributed by atoms with Gasteiger partial charge in [-0.3, -0.25) is 0 Å². The van der Waals surface area contributed by atoms with Crippen LogP contribution in [0.15, 0.2) is 29.3 Å². The molecule has 1 aromatic carbocycles. The monoisotopic (exact) mass is 268 g/mol. The Labute approximate surface area is 104 Å². The first-order valence-electron chi connectivity index (χ1n) is 5.05. The fraction of sp³-hybridized carbons (Fsp3) is 0.182. The molecule has 0 saturated carbocycles. The average molecular weight is 268 g/mol. The van der Waals surface area contributed by atoms with Crippen LogP contribution in [-0.2, 0) is 21.8 Å². The van der Waals surface area contributed by atoms with Crippen LogP contribution in [0.5, 0.6) is 0 Å². The largest absolute Gasteiger partial charge is 0.465 e. The van der Waals surface area contributed by atoms with Gasteiger partial charge < -0.3 is 9.30 Å². The maximum atomic E-state index is 11.6. The highest BCUT2D eigenvalue weighted by molar-refractivity contribution is 7.89. The summed E-state index contributed by atoms with van der Waals surface area (Å²) in [6.07, 6.45) is 1.38. The van der Waals surface area contributed by atoms with Crippen molar-refractivity contribution in [3.05, 3.63) is 30.0 Å². The Morgan fingerprint density at radius 2 is 2.06 bits per heavy atom. The normalized spacial score (nSPS) is 11.7. The molecule has 1 heterocycles. The molecule has 0 saturated heterocycles. The Balaban J connectivity index is 2.89. The molecule has 2 N–H and O–H groups in total. The lowest BCUT2D eigenvalue weighted by molar-refractivity contribution is 0.0602. The van der Waals surface area contributed by atoms with E-state index < -0.39 is 16.0 Å². The molecule has 2 aromatic rings. The predicted molar refractivity (Wildman–Crippen MR) is 65.6 cm³/mol. The first-order chi connectivity index (χ1) is 8.36. The Hall–Kier alpha value is -1.86. The topological polar surface area (TPSA) is 91.4 Å². The van der Waals surface area contributed by atoms with Gasteiger partial charge in [-0.2, -0.15) is 0 Å². The molecule has 0 atom stereocenters. The number of benzene rings is 1. The van der Waals surface area contributed by atoms with Gasteiger partial charge in [-0.05, 0) is 6.07 Å². The number of rotatable bonds is 2. The Morgan fingerprint density at radius 3 is 2.61 bits per heavy atom. The zero-order valence-corrected chi connectivity index (χ0v) is 10.7. The van der Waals surface area contributed by atoms with Gasteiger partial charge >= 0.3 is 5.97 Å². The summed E-state index contributed by atoms with van der Waals surface area (Å²) in [7, 11) is -0.920. The van der Waals surface area contributed by atoms with E-state index >= 15 is 0 Å². The molecule has 1 aromatic heterocycles. The van der Waals surface area contributed by atoms with Gasteiger partial charge in [-0.1, -0.05) is 12.1 Å². The smallest absolute Gasteiger partial charge is 0.340 e. The van der Waals surface area contributed by atoms with E-state index in [1.165, 1.54) is 13.3 Å². The third kappa shape index (κ3) is 1.87. The number of nitrogens with zero attached hydrogens (tertiary/aromatic N) is 1. The molecule has 0 amide bonds. The third-order valence-electron chi connectivity index (χ3n) is 2.68. The van der Waals surface area contributed by atoms with Crippen LogP contribution < -0.4 is 5.14 Å². The van der Waals surface area contributed by atoms with Gasteiger partial charge in [0.1, 0.15) is 4.90 Å². The number of sulfonamides is 1. The molecule has 96 valence electrons. The lowest BCUT2D eigenvalue weighted by Gasteiger charge is -2.03. The third-order valence-corrected chi connectivity index (χ3v) is 3.62. The van der Waals surface area contributed by atoms with Crippen LogP contribution in [0.3, 0.4) is 0 Å². The van der Waals surface area contributed by atoms with E-state index in [9.17, 15) is 13.2 Å². The van der Waals surface area contributed by atoms with Gasteiger partial charge in [0, 0.05) is 18.6 Å². The second kappa shape index (κ2) is 4.11. The number of carbonyl (C=O) groups excluding carboxylic acids is 1. The van der Waals surface area contributed by atoms with E-state index in [1.807, 2.05) is 0 Å². The van der Waals surface area contributed by atoms with E-state index in [1.54, 1.807) is 29.8 Å². The Bertz CT molecular complexity index is 731. The number of carbonyl (C=O) groups is 1. The predicted octanol–water partition coefficient (Wildman–Crippen LogP) is 0.612. The zero-order chi connectivity index (χ0) is 13.5. The van der Waals surface area contributed by atoms with Crippen LogP contribution >= 0.6 is 0 Å². The molecular formula is C11H12N2O4S. The summed E-state index contributed by atoms with van der Waals surface area (Å²) in [5, 5.41) is 5.54. The Kier molecular flexibility index (Phi) is 2.88. The van der Waals surface area contributed by atoms with E-state index in [0.29, 0.717) is 16.5 Å². The van der Waals surface area contributed by atoms with Crippen molar-refractivity contribution in [3.63, 3.8) is 0 Å². The number of aromatic nitrogens is 1. The molecule has 0 bridgehead atoms. The molecule has 0 aliphatic heterocycles. The van der Waals surface area contributed by atoms with Gasteiger partial charge in [0.25, 0.3) is 0 Å². The van der Waals surface area contributed by atoms with Crippen LogP contribution in [-0.4, -0.2) is 26.1 Å². The first kappa shape index (κ1) is 12.6. The molecule has 0 unspecified atom stereocenters. The summed E-state index contributed by atoms with van der Waals surface area (Å²) in [6, 6.07) is 4.76. The minimum absolute atomic E-state index is 0.00856. The van der Waals surface area contributed by atoms with Crippen LogP contribution in [0.4, 0.5) is 0 Å². The minimum Gasteiger partial charge on any atom is -0.465 e. The summed E-state index contributed by atoms with van der Waals surface area (Å²) in [4.78, 5) is 11.6. The minimum atomic E-state index is -3.83. The van der Waals surface area contributed by atoms with Crippen molar-refractivity contribution in [2.75, 3.05) is 7.11 Å². The summed E-state index contributed by atoms with van der Waals surface area (Å²) in [5.74, 6) is -0.525. The number of nitrogens with two attached hydrogens (primary N) is 1. The molecular weight excluding hydrogens is 256 g/mol. The maximum absolute atomic E-state index is 11.6. The van der Waals surface area contributed by atoms with E-state index in [2.05, 4.69) is 4.74 Å². The summed E-state index contributed by atoms with van der Waals surface area (Å²) in [5.41, 5.74) is 0.778. The molecule has 18 heavy (non-hydrogen) atoms. The van der Waals surface area contributed by atoms with Crippen molar-refractivity contribution in [2.45, 2.75) is 4.90 Å². The molecule has 0 fully saturated rings. The second-order valence-electron chi connectivity index (χ2n) is 3.84. The van der Waals surface area contributed by atoms with Gasteiger partial charge in [0.15, 0.2) is 0 Å². The highest BCUT2D eigenvalue weighted by Crippen LogP contribution is 2.27. The summed E-state index contributed by atoms with van der Waals surface area (Å²) < 4.78 is 29.1. The van der Waals surface area contributed by atoms with Gasteiger partial charge in [-0.15, -0.1) is 0 Å². The number of ether oxygens (including phenoxy) is 1. The number of primary sulfonamides is 1. The van der Waals surface area contributed by atoms with E-state index in [-0.39, 0.29) is 4.90 Å². The molecule has 6 nitrogen and oxygen atoms in total. The fourth-order valence-corrected chi connectivity index (χ4v) is 2.71. The number of methoxy groups -OCH3 is 1. The molecule has 0 spiro atoms. The molecule has 7 heteroatoms. The van der Waals surface area contributed by atoms with Crippen molar-refractivity contribution in [3.8, 4) is 0 Å². The van der Waals surface area contributed by atoms with Crippen molar-refractivity contribution < 1.29 is 17.9 Å². The SMILES string of the molecule is COC(=O)c1cccc2c(S(N)(=O)=O)cn(C)c12. The van der Waals surface area contributed by atoms with Gasteiger partial charge in [-0.25, -0.2) is 18.4 Å². The lowest BCUT2D eigenvalue weighted by Crippen LogP contribution is -2.11. The van der Waals surface area contributed by atoms with Crippen molar-refractivity contribution >= 4 is 26.9 Å². The number of esters is 1. The number of fused-ring (bicyclic) bond motifs is 1. The highest BCUT2D eigenvalue weighted by atomic mass is 32.2. The molecule has 0 radical (unpaired) electrons. The van der Waals surface area contributed by atoms with Crippen LogP contribution in [0, 0.1) is 0 Å². The van der Waals surface area contributed by atoms with E-state index in [4.69, 9.17) is 5.14 Å². The number of para-hydroxylation sites is 1. The van der Waals surface area contributed by atoms with Crippen LogP contribution in [0.2, 0.25) is 0 Å².